The molecule has 3 N–H and O–H groups in total. The predicted octanol–water partition coefficient (Wildman–Crippen LogP) is -1.75. The molecule has 0 saturated carbocycles. The number of aliphatic hydroxyl groups is 3. The average Bonchev–Trinajstić information content (AvgIpc) is 2.32. The van der Waals surface area contributed by atoms with E-state index >= 15 is 0 Å². The van der Waals surface area contributed by atoms with Gasteiger partial charge in [0.2, 0.25) is 5.91 Å². The maximum absolute atomic E-state index is 11.5. The fraction of sp³-hybridized carbons (Fsp3) is 0.727. The average molecular weight is 243 g/mol. The first-order valence-electron chi connectivity index (χ1n) is 5.62. The van der Waals surface area contributed by atoms with Crippen LogP contribution in [0.5, 0.6) is 0 Å². The predicted molar refractivity (Wildman–Crippen MR) is 58.1 cm³/mol. The van der Waals surface area contributed by atoms with Gasteiger partial charge in [-0.05, 0) is 0 Å². The topological polar surface area (TPSA) is 90.2 Å². The van der Waals surface area contributed by atoms with Crippen molar-refractivity contribution in [1.29, 1.82) is 0 Å². The highest BCUT2D eigenvalue weighted by molar-refractivity contribution is 5.74. The number of hydrogen-bond donors (Lipinski definition) is 3. The molecule has 0 aliphatic carbocycles. The number of amides is 1. The molecule has 0 bridgehead atoms. The molecule has 0 radical (unpaired) electrons. The Morgan fingerprint density at radius 2 is 2.18 bits per heavy atom. The van der Waals surface area contributed by atoms with E-state index in [1.54, 1.807) is 12.2 Å². The van der Waals surface area contributed by atoms with Gasteiger partial charge in [-0.25, -0.2) is 0 Å². The zero-order valence-corrected chi connectivity index (χ0v) is 9.56. The van der Waals surface area contributed by atoms with Crippen molar-refractivity contribution in [3.05, 3.63) is 12.2 Å². The van der Waals surface area contributed by atoms with Gasteiger partial charge in [-0.15, -0.1) is 0 Å². The number of carbonyl (C=O) groups excluding carboxylic acids is 1. The lowest BCUT2D eigenvalue weighted by atomic mass is 9.89. The van der Waals surface area contributed by atoms with Gasteiger partial charge >= 0.3 is 0 Å². The molecule has 0 aromatic carbocycles. The highest BCUT2D eigenvalue weighted by atomic mass is 16.5. The van der Waals surface area contributed by atoms with E-state index in [2.05, 4.69) is 0 Å². The van der Waals surface area contributed by atoms with E-state index in [1.165, 1.54) is 11.8 Å². The summed E-state index contributed by atoms with van der Waals surface area (Å²) in [6.07, 6.45) is -0.0659. The van der Waals surface area contributed by atoms with Crippen molar-refractivity contribution in [2.24, 2.45) is 0 Å². The van der Waals surface area contributed by atoms with Crippen molar-refractivity contribution in [2.75, 3.05) is 13.2 Å². The van der Waals surface area contributed by atoms with Crippen molar-refractivity contribution >= 4 is 5.91 Å². The monoisotopic (exact) mass is 243 g/mol. The lowest BCUT2D eigenvalue weighted by molar-refractivity contribution is -0.204. The van der Waals surface area contributed by atoms with Crippen LogP contribution in [-0.4, -0.2) is 69.7 Å². The SMILES string of the molecule is CC(=O)N1CC=CC2OC(CO)[C@H](O)[C@H](O)[C@H]21. The Kier molecular flexibility index (Phi) is 3.48. The minimum absolute atomic E-state index is 0.179. The first-order valence-corrected chi connectivity index (χ1v) is 5.62. The Morgan fingerprint density at radius 1 is 1.47 bits per heavy atom. The van der Waals surface area contributed by atoms with Crippen molar-refractivity contribution in [3.63, 3.8) is 0 Å². The number of fused-ring (bicyclic) bond motifs is 1. The maximum Gasteiger partial charge on any atom is 0.220 e. The van der Waals surface area contributed by atoms with Gasteiger partial charge in [-0.3, -0.25) is 4.79 Å². The van der Waals surface area contributed by atoms with Crippen LogP contribution < -0.4 is 0 Å². The summed E-state index contributed by atoms with van der Waals surface area (Å²) in [6.45, 7) is 1.44. The Hall–Kier alpha value is -0.950. The summed E-state index contributed by atoms with van der Waals surface area (Å²) in [5, 5.41) is 28.8. The first-order chi connectivity index (χ1) is 8.06. The molecule has 0 aromatic heterocycles. The molecule has 2 rings (SSSR count). The van der Waals surface area contributed by atoms with E-state index in [4.69, 9.17) is 9.84 Å². The lowest BCUT2D eigenvalue weighted by Crippen LogP contribution is -2.65. The zero-order chi connectivity index (χ0) is 12.6. The van der Waals surface area contributed by atoms with Crippen LogP contribution in [0.4, 0.5) is 0 Å². The van der Waals surface area contributed by atoms with Crippen LogP contribution in [0.3, 0.4) is 0 Å². The molecule has 17 heavy (non-hydrogen) atoms. The quantitative estimate of drug-likeness (QED) is 0.475. The Bertz CT molecular complexity index is 332. The number of rotatable bonds is 1. The van der Waals surface area contributed by atoms with E-state index in [-0.39, 0.29) is 12.5 Å². The van der Waals surface area contributed by atoms with Gasteiger partial charge < -0.3 is 25.0 Å². The molecule has 1 fully saturated rings. The molecule has 6 heteroatoms. The minimum atomic E-state index is -1.19. The zero-order valence-electron chi connectivity index (χ0n) is 9.56. The number of carbonyl (C=O) groups is 1. The van der Waals surface area contributed by atoms with Crippen LogP contribution in [0, 0.1) is 0 Å². The summed E-state index contributed by atoms with van der Waals surface area (Å²) < 4.78 is 5.46. The van der Waals surface area contributed by atoms with Crippen LogP contribution >= 0.6 is 0 Å². The van der Waals surface area contributed by atoms with Gasteiger partial charge in [0, 0.05) is 13.5 Å². The third-order valence-electron chi connectivity index (χ3n) is 3.32. The summed E-state index contributed by atoms with van der Waals surface area (Å²) in [6, 6.07) is -0.588. The van der Waals surface area contributed by atoms with Gasteiger partial charge in [0.1, 0.15) is 18.3 Å². The minimum Gasteiger partial charge on any atom is -0.394 e. The number of nitrogens with zero attached hydrogens (tertiary/aromatic N) is 1. The van der Waals surface area contributed by atoms with Crippen LogP contribution in [0.2, 0.25) is 0 Å². The summed E-state index contributed by atoms with van der Waals surface area (Å²) in [5.74, 6) is -0.179. The summed E-state index contributed by atoms with van der Waals surface area (Å²) >= 11 is 0. The van der Waals surface area contributed by atoms with Crippen LogP contribution in [-0.2, 0) is 9.53 Å². The highest BCUT2D eigenvalue weighted by Gasteiger charge is 2.47. The summed E-state index contributed by atoms with van der Waals surface area (Å²) in [5.41, 5.74) is 0. The van der Waals surface area contributed by atoms with Gasteiger partial charge in [0.25, 0.3) is 0 Å². The molecular weight excluding hydrogens is 226 g/mol. The van der Waals surface area contributed by atoms with Gasteiger partial charge in [0.15, 0.2) is 0 Å². The molecule has 2 heterocycles. The second kappa shape index (κ2) is 4.73. The second-order valence-corrected chi connectivity index (χ2v) is 4.39. The van der Waals surface area contributed by atoms with Crippen molar-refractivity contribution in [3.8, 4) is 0 Å². The maximum atomic E-state index is 11.5. The van der Waals surface area contributed by atoms with Gasteiger partial charge in [0.05, 0.1) is 18.8 Å². The molecule has 2 unspecified atom stereocenters. The summed E-state index contributed by atoms with van der Waals surface area (Å²) in [7, 11) is 0. The Balaban J connectivity index is 2.24. The normalized spacial score (nSPS) is 41.2. The molecule has 0 aromatic rings. The summed E-state index contributed by atoms with van der Waals surface area (Å²) in [4.78, 5) is 12.9. The molecular formula is C11H17NO5. The molecule has 2 aliphatic rings. The molecule has 1 saturated heterocycles. The Morgan fingerprint density at radius 3 is 2.76 bits per heavy atom. The van der Waals surface area contributed by atoms with Crippen LogP contribution in [0.1, 0.15) is 6.92 Å². The fourth-order valence-corrected chi connectivity index (χ4v) is 2.42. The lowest BCUT2D eigenvalue weighted by Gasteiger charge is -2.47. The third-order valence-corrected chi connectivity index (χ3v) is 3.32. The van der Waals surface area contributed by atoms with E-state index in [9.17, 15) is 15.0 Å². The number of ether oxygens (including phenoxy) is 1. The third kappa shape index (κ3) is 2.09. The smallest absolute Gasteiger partial charge is 0.220 e. The van der Waals surface area contributed by atoms with Crippen LogP contribution in [0.15, 0.2) is 12.2 Å². The first kappa shape index (κ1) is 12.5. The molecule has 2 aliphatic heterocycles. The molecule has 0 spiro atoms. The number of aliphatic hydroxyl groups excluding tert-OH is 3. The Labute approximate surface area is 99.1 Å². The van der Waals surface area contributed by atoms with Crippen LogP contribution in [0.25, 0.3) is 0 Å². The van der Waals surface area contributed by atoms with Crippen molar-refractivity contribution in [1.82, 2.24) is 4.90 Å². The molecule has 5 atom stereocenters. The largest absolute Gasteiger partial charge is 0.394 e. The molecule has 96 valence electrons. The van der Waals surface area contributed by atoms with E-state index in [1.807, 2.05) is 0 Å². The standard InChI is InChI=1S/C11H17NO5/c1-6(14)12-4-2-3-7-9(12)11(16)10(15)8(5-13)17-7/h2-3,7-11,13,15-16H,4-5H2,1H3/t7?,8?,9-,10-,11+/m0/s1. The van der Waals surface area contributed by atoms with Gasteiger partial charge in [-0.1, -0.05) is 12.2 Å². The fourth-order valence-electron chi connectivity index (χ4n) is 2.42. The second-order valence-electron chi connectivity index (χ2n) is 4.39. The van der Waals surface area contributed by atoms with Crippen molar-refractivity contribution in [2.45, 2.75) is 37.4 Å². The van der Waals surface area contributed by atoms with Crippen molar-refractivity contribution < 1.29 is 24.9 Å². The van der Waals surface area contributed by atoms with Gasteiger partial charge in [-0.2, -0.15) is 0 Å². The highest BCUT2D eigenvalue weighted by Crippen LogP contribution is 2.28. The molecule has 1 amide bonds. The van der Waals surface area contributed by atoms with E-state index in [0.29, 0.717) is 6.54 Å². The number of hydrogen-bond acceptors (Lipinski definition) is 5. The van der Waals surface area contributed by atoms with E-state index in [0.717, 1.165) is 0 Å². The molecule has 6 nitrogen and oxygen atoms in total. The van der Waals surface area contributed by atoms with E-state index < -0.39 is 30.5 Å².